The maximum absolute atomic E-state index is 13.8. The summed E-state index contributed by atoms with van der Waals surface area (Å²) in [4.78, 5) is 18.6. The second-order valence-electron chi connectivity index (χ2n) is 11.9. The maximum atomic E-state index is 13.8. The van der Waals surface area contributed by atoms with Crippen molar-refractivity contribution in [1.29, 1.82) is 0 Å². The standard InChI is InChI=1S/C35H34F2N2O4/c1-35(2,27-17-28(36)19-29(37)18-27)43-31-8-6-22(7-9-31)23-10-12-42-33-16-24-15-32(34(40)41)39(20-26(24)14-25(33)13-23)21-30-5-3-4-11-38-30/h3-9,11,14,16-19,23,32H,10,12-13,15,20-21H2,1-2H3,(H,40,41)/t23?,32-/m0/s1. The monoisotopic (exact) mass is 584 g/mol. The van der Waals surface area contributed by atoms with Crippen LogP contribution in [0.25, 0.3) is 0 Å². The van der Waals surface area contributed by atoms with Crippen LogP contribution in [0, 0.1) is 11.6 Å². The first kappa shape index (κ1) is 28.8. The highest BCUT2D eigenvalue weighted by Crippen LogP contribution is 2.38. The van der Waals surface area contributed by atoms with E-state index >= 15 is 0 Å². The van der Waals surface area contributed by atoms with Crippen LogP contribution in [-0.4, -0.2) is 33.6 Å². The molecule has 2 aliphatic heterocycles. The molecular weight excluding hydrogens is 550 g/mol. The minimum absolute atomic E-state index is 0.221. The van der Waals surface area contributed by atoms with E-state index in [1.807, 2.05) is 53.4 Å². The van der Waals surface area contributed by atoms with Crippen LogP contribution >= 0.6 is 0 Å². The minimum atomic E-state index is -0.928. The topological polar surface area (TPSA) is 71.9 Å². The van der Waals surface area contributed by atoms with Crippen molar-refractivity contribution in [1.82, 2.24) is 9.88 Å². The molecule has 2 atom stereocenters. The summed E-state index contributed by atoms with van der Waals surface area (Å²) in [6, 6.07) is 20.6. The SMILES string of the molecule is CC(C)(Oc1ccc(C2CCOc3cc4c(cc3C2)CN(Cc2ccccn2)[C@H](C(=O)O)C4)cc1)c1cc(F)cc(F)c1. The van der Waals surface area contributed by atoms with E-state index < -0.39 is 29.2 Å². The van der Waals surface area contributed by atoms with Crippen LogP contribution < -0.4 is 9.47 Å². The first-order valence-electron chi connectivity index (χ1n) is 14.5. The van der Waals surface area contributed by atoms with Gasteiger partial charge in [0, 0.05) is 30.9 Å². The van der Waals surface area contributed by atoms with Crippen molar-refractivity contribution in [3.8, 4) is 11.5 Å². The van der Waals surface area contributed by atoms with Gasteiger partial charge in [0.1, 0.15) is 34.8 Å². The number of rotatable bonds is 7. The molecule has 0 bridgehead atoms. The third-order valence-corrected chi connectivity index (χ3v) is 8.46. The number of pyridine rings is 1. The predicted octanol–water partition coefficient (Wildman–Crippen LogP) is 6.79. The summed E-state index contributed by atoms with van der Waals surface area (Å²) in [7, 11) is 0. The lowest BCUT2D eigenvalue weighted by Crippen LogP contribution is -2.45. The summed E-state index contributed by atoms with van der Waals surface area (Å²) in [6.07, 6.45) is 3.76. The van der Waals surface area contributed by atoms with Gasteiger partial charge in [0.2, 0.25) is 0 Å². The molecule has 0 fully saturated rings. The lowest BCUT2D eigenvalue weighted by atomic mass is 9.86. The zero-order chi connectivity index (χ0) is 30.1. The normalized spacial score (nSPS) is 18.6. The maximum Gasteiger partial charge on any atom is 0.321 e. The molecule has 3 heterocycles. The summed E-state index contributed by atoms with van der Waals surface area (Å²) < 4.78 is 40.0. The molecule has 3 aromatic carbocycles. The Morgan fingerprint density at radius 2 is 1.77 bits per heavy atom. The zero-order valence-corrected chi connectivity index (χ0v) is 24.2. The lowest BCUT2D eigenvalue weighted by molar-refractivity contribution is -0.144. The Hall–Kier alpha value is -4.30. The smallest absolute Gasteiger partial charge is 0.321 e. The Kier molecular flexibility index (Phi) is 7.88. The number of fused-ring (bicyclic) bond motifs is 2. The van der Waals surface area contributed by atoms with Gasteiger partial charge in [-0.05, 0) is 104 Å². The third-order valence-electron chi connectivity index (χ3n) is 8.46. The van der Waals surface area contributed by atoms with Crippen molar-refractivity contribution in [3.63, 3.8) is 0 Å². The van der Waals surface area contributed by atoms with Gasteiger partial charge in [0.25, 0.3) is 0 Å². The summed E-state index contributed by atoms with van der Waals surface area (Å²) in [6.45, 7) is 5.11. The van der Waals surface area contributed by atoms with E-state index in [1.165, 1.54) is 12.1 Å². The fourth-order valence-corrected chi connectivity index (χ4v) is 6.15. The molecule has 222 valence electrons. The molecule has 8 heteroatoms. The van der Waals surface area contributed by atoms with E-state index in [2.05, 4.69) is 11.1 Å². The van der Waals surface area contributed by atoms with Crippen molar-refractivity contribution >= 4 is 5.97 Å². The van der Waals surface area contributed by atoms with Gasteiger partial charge < -0.3 is 14.6 Å². The molecule has 0 saturated carbocycles. The number of benzene rings is 3. The zero-order valence-electron chi connectivity index (χ0n) is 24.2. The van der Waals surface area contributed by atoms with Gasteiger partial charge in [-0.25, -0.2) is 8.78 Å². The van der Waals surface area contributed by atoms with Crippen LogP contribution in [-0.2, 0) is 36.3 Å². The molecule has 6 nitrogen and oxygen atoms in total. The second kappa shape index (κ2) is 11.8. The number of ether oxygens (including phenoxy) is 2. The van der Waals surface area contributed by atoms with Crippen LogP contribution in [0.3, 0.4) is 0 Å². The highest BCUT2D eigenvalue weighted by atomic mass is 19.1. The Bertz CT molecular complexity index is 1610. The largest absolute Gasteiger partial charge is 0.493 e. The summed E-state index contributed by atoms with van der Waals surface area (Å²) in [5.74, 6) is -0.454. The molecule has 0 saturated heterocycles. The van der Waals surface area contributed by atoms with E-state index in [4.69, 9.17) is 9.47 Å². The predicted molar refractivity (Wildman–Crippen MR) is 158 cm³/mol. The average Bonchev–Trinajstić information content (AvgIpc) is 3.18. The van der Waals surface area contributed by atoms with Gasteiger partial charge in [-0.15, -0.1) is 0 Å². The Labute approximate surface area is 249 Å². The molecule has 0 aliphatic carbocycles. The van der Waals surface area contributed by atoms with Crippen molar-refractivity contribution in [2.24, 2.45) is 0 Å². The molecule has 6 rings (SSSR count). The first-order valence-corrected chi connectivity index (χ1v) is 14.5. The fourth-order valence-electron chi connectivity index (χ4n) is 6.15. The number of nitrogens with zero attached hydrogens (tertiary/aromatic N) is 2. The van der Waals surface area contributed by atoms with Crippen molar-refractivity contribution < 1.29 is 28.2 Å². The Morgan fingerprint density at radius 3 is 2.47 bits per heavy atom. The number of carboxylic acid groups (broad SMARTS) is 1. The van der Waals surface area contributed by atoms with E-state index in [-0.39, 0.29) is 5.92 Å². The lowest BCUT2D eigenvalue weighted by Gasteiger charge is -2.34. The first-order chi connectivity index (χ1) is 20.6. The van der Waals surface area contributed by atoms with Crippen molar-refractivity contribution in [3.05, 3.63) is 124 Å². The Morgan fingerprint density at radius 1 is 1.00 bits per heavy atom. The minimum Gasteiger partial charge on any atom is -0.493 e. The van der Waals surface area contributed by atoms with Crippen LogP contribution in [0.1, 0.15) is 59.7 Å². The number of aliphatic carboxylic acids is 1. The number of hydrogen-bond acceptors (Lipinski definition) is 5. The van der Waals surface area contributed by atoms with Gasteiger partial charge in [0.05, 0.1) is 12.3 Å². The van der Waals surface area contributed by atoms with E-state index in [9.17, 15) is 18.7 Å². The summed E-state index contributed by atoms with van der Waals surface area (Å²) >= 11 is 0. The molecule has 0 amide bonds. The van der Waals surface area contributed by atoms with Gasteiger partial charge in [-0.2, -0.15) is 0 Å². The molecule has 2 aliphatic rings. The third kappa shape index (κ3) is 6.39. The van der Waals surface area contributed by atoms with E-state index in [1.54, 1.807) is 20.0 Å². The van der Waals surface area contributed by atoms with Crippen LogP contribution in [0.2, 0.25) is 0 Å². The molecule has 1 aromatic heterocycles. The van der Waals surface area contributed by atoms with Gasteiger partial charge >= 0.3 is 5.97 Å². The fraction of sp³-hybridized carbons (Fsp3) is 0.314. The van der Waals surface area contributed by atoms with E-state index in [0.717, 1.165) is 52.6 Å². The van der Waals surface area contributed by atoms with Gasteiger partial charge in [-0.1, -0.05) is 24.3 Å². The number of aromatic nitrogens is 1. The van der Waals surface area contributed by atoms with Crippen LogP contribution in [0.5, 0.6) is 11.5 Å². The van der Waals surface area contributed by atoms with Gasteiger partial charge in [0.15, 0.2) is 0 Å². The second-order valence-corrected chi connectivity index (χ2v) is 11.9. The molecule has 4 aromatic rings. The quantitative estimate of drug-likeness (QED) is 0.258. The van der Waals surface area contributed by atoms with Crippen molar-refractivity contribution in [2.75, 3.05) is 6.61 Å². The highest BCUT2D eigenvalue weighted by molar-refractivity contribution is 5.74. The van der Waals surface area contributed by atoms with Crippen LogP contribution in [0.15, 0.2) is 79.0 Å². The molecule has 0 radical (unpaired) electrons. The molecule has 1 N–H and O–H groups in total. The highest BCUT2D eigenvalue weighted by Gasteiger charge is 2.33. The molecule has 1 unspecified atom stereocenters. The average molecular weight is 585 g/mol. The van der Waals surface area contributed by atoms with Gasteiger partial charge in [-0.3, -0.25) is 14.7 Å². The number of carbonyl (C=O) groups is 1. The number of carboxylic acids is 1. The van der Waals surface area contributed by atoms with E-state index in [0.29, 0.717) is 37.4 Å². The summed E-state index contributed by atoms with van der Waals surface area (Å²) in [5, 5.41) is 9.99. The molecule has 0 spiro atoms. The molecule has 43 heavy (non-hydrogen) atoms. The Balaban J connectivity index is 1.19. The summed E-state index contributed by atoms with van der Waals surface area (Å²) in [5.41, 5.74) is 4.74. The number of hydrogen-bond donors (Lipinski definition) is 1. The van der Waals surface area contributed by atoms with Crippen LogP contribution in [0.4, 0.5) is 8.78 Å². The molecular formula is C35H34F2N2O4. The number of halogens is 2. The van der Waals surface area contributed by atoms with Crippen molar-refractivity contribution in [2.45, 2.75) is 63.8 Å².